The van der Waals surface area contributed by atoms with Crippen LogP contribution in [-0.2, 0) is 23.9 Å². The number of carbonyl (C=O) groups excluding carboxylic acids is 5. The molecule has 0 fully saturated rings. The second-order valence-corrected chi connectivity index (χ2v) is 5.44. The molecule has 8 heteroatoms. The molecule has 144 valence electrons. The van der Waals surface area contributed by atoms with E-state index in [9.17, 15) is 24.0 Å². The van der Waals surface area contributed by atoms with E-state index in [-0.39, 0.29) is 13.2 Å². The molecule has 1 aromatic rings. The number of hydrogen-bond donors (Lipinski definition) is 0. The van der Waals surface area contributed by atoms with E-state index < -0.39 is 36.0 Å². The third kappa shape index (κ3) is 6.50. The van der Waals surface area contributed by atoms with E-state index in [0.717, 1.165) is 11.0 Å². The van der Waals surface area contributed by atoms with Crippen LogP contribution >= 0.6 is 0 Å². The van der Waals surface area contributed by atoms with Crippen LogP contribution in [0.1, 0.15) is 19.4 Å². The van der Waals surface area contributed by atoms with Crippen LogP contribution in [0.25, 0.3) is 6.08 Å². The third-order valence-electron chi connectivity index (χ3n) is 3.53. The number of ketones is 2. The first-order valence-electron chi connectivity index (χ1n) is 8.35. The van der Waals surface area contributed by atoms with Gasteiger partial charge in [-0.05, 0) is 25.5 Å². The van der Waals surface area contributed by atoms with Gasteiger partial charge >= 0.3 is 17.9 Å². The summed E-state index contributed by atoms with van der Waals surface area (Å²) in [4.78, 5) is 61.8. The van der Waals surface area contributed by atoms with E-state index in [1.807, 2.05) is 0 Å². The molecule has 0 aromatic heterocycles. The zero-order valence-electron chi connectivity index (χ0n) is 15.5. The Morgan fingerprint density at radius 2 is 1.67 bits per heavy atom. The molecule has 0 aliphatic rings. The highest BCUT2D eigenvalue weighted by molar-refractivity contribution is 6.44. The van der Waals surface area contributed by atoms with Crippen LogP contribution in [0.4, 0.5) is 4.79 Å². The number of carbonyl (C=O) groups is 5. The fourth-order valence-corrected chi connectivity index (χ4v) is 1.92. The van der Waals surface area contributed by atoms with Crippen LogP contribution in [0.2, 0.25) is 0 Å². The summed E-state index contributed by atoms with van der Waals surface area (Å²) in [7, 11) is 1.40. The van der Waals surface area contributed by atoms with Gasteiger partial charge in [-0.2, -0.15) is 0 Å². The molecule has 0 heterocycles. The number of amides is 3. The van der Waals surface area contributed by atoms with Crippen molar-refractivity contribution in [3.05, 3.63) is 42.0 Å². The van der Waals surface area contributed by atoms with E-state index in [4.69, 9.17) is 0 Å². The number of benzene rings is 1. The topological polar surface area (TPSA) is 101 Å². The Bertz CT molecular complexity index is 742. The molecule has 8 nitrogen and oxygen atoms in total. The zero-order valence-corrected chi connectivity index (χ0v) is 15.5. The number of ether oxygens (including phenoxy) is 1. The normalized spacial score (nSPS) is 10.3. The Hall–Kier alpha value is -3.29. The van der Waals surface area contributed by atoms with E-state index in [1.54, 1.807) is 37.3 Å². The average Bonchev–Trinajstić information content (AvgIpc) is 2.69. The lowest BCUT2D eigenvalue weighted by Gasteiger charge is -2.24. The number of nitrogens with zero attached hydrogens (tertiary/aromatic N) is 2. The number of hydrogen-bond acceptors (Lipinski definition) is 6. The SMILES string of the molecule is CCOC(=O)C(=O)N(CC(=O)C(=O)/C=C/c1ccccc1)C(=O)N(C)CC. The second kappa shape index (κ2) is 10.6. The summed E-state index contributed by atoms with van der Waals surface area (Å²) < 4.78 is 4.58. The smallest absolute Gasteiger partial charge is 0.397 e. The lowest BCUT2D eigenvalue weighted by Crippen LogP contribution is -2.50. The van der Waals surface area contributed by atoms with Crippen LogP contribution in [-0.4, -0.2) is 66.0 Å². The first kappa shape index (κ1) is 21.8. The highest BCUT2D eigenvalue weighted by Crippen LogP contribution is 2.04. The molecule has 0 N–H and O–H groups in total. The first-order chi connectivity index (χ1) is 12.8. The lowest BCUT2D eigenvalue weighted by atomic mass is 10.1. The number of allylic oxidation sites excluding steroid dienone is 1. The summed E-state index contributed by atoms with van der Waals surface area (Å²) in [5.74, 6) is -4.46. The average molecular weight is 374 g/mol. The Morgan fingerprint density at radius 3 is 2.22 bits per heavy atom. The molecule has 1 rings (SSSR count). The zero-order chi connectivity index (χ0) is 20.4. The minimum atomic E-state index is -1.30. The van der Waals surface area contributed by atoms with Crippen molar-refractivity contribution >= 4 is 35.6 Å². The summed E-state index contributed by atoms with van der Waals surface area (Å²) in [5, 5.41) is 0. The van der Waals surface area contributed by atoms with E-state index in [2.05, 4.69) is 4.74 Å². The van der Waals surface area contributed by atoms with Crippen molar-refractivity contribution in [3.63, 3.8) is 0 Å². The van der Waals surface area contributed by atoms with E-state index in [0.29, 0.717) is 10.5 Å². The summed E-state index contributed by atoms with van der Waals surface area (Å²) in [5.41, 5.74) is 0.708. The van der Waals surface area contributed by atoms with Crippen molar-refractivity contribution in [1.29, 1.82) is 0 Å². The van der Waals surface area contributed by atoms with Gasteiger partial charge in [0.05, 0.1) is 13.2 Å². The number of Topliss-reactive ketones (excluding diaryl/α,β-unsaturated/α-hetero) is 1. The minimum absolute atomic E-state index is 0.0666. The maximum absolute atomic E-state index is 12.3. The van der Waals surface area contributed by atoms with Gasteiger partial charge < -0.3 is 9.64 Å². The summed E-state index contributed by atoms with van der Waals surface area (Å²) in [6.07, 6.45) is 2.50. The van der Waals surface area contributed by atoms with Gasteiger partial charge in [0.15, 0.2) is 0 Å². The molecular formula is C19H22N2O6. The van der Waals surface area contributed by atoms with Crippen molar-refractivity contribution in [1.82, 2.24) is 9.80 Å². The third-order valence-corrected chi connectivity index (χ3v) is 3.53. The predicted molar refractivity (Wildman–Crippen MR) is 97.5 cm³/mol. The first-order valence-corrected chi connectivity index (χ1v) is 8.35. The summed E-state index contributed by atoms with van der Waals surface area (Å²) in [6, 6.07) is 7.95. The lowest BCUT2D eigenvalue weighted by molar-refractivity contribution is -0.159. The summed E-state index contributed by atoms with van der Waals surface area (Å²) in [6.45, 7) is 2.47. The molecule has 1 aromatic carbocycles. The molecule has 0 aliphatic carbocycles. The van der Waals surface area contributed by atoms with Crippen LogP contribution in [0.15, 0.2) is 36.4 Å². The molecule has 3 amide bonds. The van der Waals surface area contributed by atoms with Crippen molar-refractivity contribution in [3.8, 4) is 0 Å². The van der Waals surface area contributed by atoms with Crippen molar-refractivity contribution in [2.75, 3.05) is 26.7 Å². The van der Waals surface area contributed by atoms with E-state index >= 15 is 0 Å². The number of esters is 1. The second-order valence-electron chi connectivity index (χ2n) is 5.44. The maximum Gasteiger partial charge on any atom is 0.397 e. The van der Waals surface area contributed by atoms with Crippen LogP contribution in [0.5, 0.6) is 0 Å². The van der Waals surface area contributed by atoms with Crippen LogP contribution in [0.3, 0.4) is 0 Å². The molecular weight excluding hydrogens is 352 g/mol. The van der Waals surface area contributed by atoms with E-state index in [1.165, 1.54) is 20.0 Å². The van der Waals surface area contributed by atoms with Gasteiger partial charge in [0.2, 0.25) is 11.6 Å². The minimum Gasteiger partial charge on any atom is -0.459 e. The molecule has 0 radical (unpaired) electrons. The van der Waals surface area contributed by atoms with Gasteiger partial charge in [-0.1, -0.05) is 36.4 Å². The van der Waals surface area contributed by atoms with Crippen molar-refractivity contribution in [2.45, 2.75) is 13.8 Å². The molecule has 0 unspecified atom stereocenters. The van der Waals surface area contributed by atoms with Gasteiger partial charge in [0, 0.05) is 13.6 Å². The van der Waals surface area contributed by atoms with Crippen LogP contribution < -0.4 is 0 Å². The molecule has 0 aliphatic heterocycles. The predicted octanol–water partition coefficient (Wildman–Crippen LogP) is 1.30. The molecule has 0 bridgehead atoms. The highest BCUT2D eigenvalue weighted by Gasteiger charge is 2.33. The summed E-state index contributed by atoms with van der Waals surface area (Å²) >= 11 is 0. The number of urea groups is 1. The molecule has 0 saturated heterocycles. The van der Waals surface area contributed by atoms with Gasteiger partial charge in [-0.3, -0.25) is 14.4 Å². The van der Waals surface area contributed by atoms with Crippen LogP contribution in [0, 0.1) is 0 Å². The maximum atomic E-state index is 12.3. The molecule has 0 spiro atoms. The fraction of sp³-hybridized carbons (Fsp3) is 0.316. The fourth-order valence-electron chi connectivity index (χ4n) is 1.92. The van der Waals surface area contributed by atoms with Gasteiger partial charge in [0.1, 0.15) is 0 Å². The molecule has 0 atom stereocenters. The molecule has 27 heavy (non-hydrogen) atoms. The van der Waals surface area contributed by atoms with Gasteiger partial charge in [0.25, 0.3) is 0 Å². The number of rotatable bonds is 7. The Balaban J connectivity index is 2.92. The Labute approximate surface area is 157 Å². The van der Waals surface area contributed by atoms with Gasteiger partial charge in [-0.25, -0.2) is 14.5 Å². The quantitative estimate of drug-likeness (QED) is 0.405. The van der Waals surface area contributed by atoms with Crippen molar-refractivity contribution in [2.24, 2.45) is 0 Å². The van der Waals surface area contributed by atoms with Crippen molar-refractivity contribution < 1.29 is 28.7 Å². The molecule has 0 saturated carbocycles. The Kier molecular flexibility index (Phi) is 8.58. The largest absolute Gasteiger partial charge is 0.459 e. The number of imide groups is 1. The monoisotopic (exact) mass is 374 g/mol. The standard InChI is InChI=1S/C19H22N2O6/c1-4-20(3)19(26)21(17(24)18(25)27-5-2)13-16(23)15(22)12-11-14-9-7-6-8-10-14/h6-12H,4-5,13H2,1-3H3/b12-11+. The highest BCUT2D eigenvalue weighted by atomic mass is 16.5. The Morgan fingerprint density at radius 1 is 1.04 bits per heavy atom. The van der Waals surface area contributed by atoms with Gasteiger partial charge in [-0.15, -0.1) is 0 Å².